The Labute approximate surface area is 101 Å². The molecule has 17 heavy (non-hydrogen) atoms. The van der Waals surface area contributed by atoms with E-state index in [0.29, 0.717) is 6.61 Å². The molecule has 0 saturated carbocycles. The normalized spacial score (nSPS) is 14.5. The maximum absolute atomic E-state index is 12.0. The largest absolute Gasteiger partial charge is 0.465 e. The van der Waals surface area contributed by atoms with Crippen LogP contribution in [-0.4, -0.2) is 12.6 Å². The van der Waals surface area contributed by atoms with Crippen molar-refractivity contribution in [2.45, 2.75) is 12.8 Å². The monoisotopic (exact) mass is 226 g/mol. The number of hydrogen-bond acceptors (Lipinski definition) is 2. The van der Waals surface area contributed by atoms with Gasteiger partial charge in [-0.05, 0) is 24.6 Å². The van der Waals surface area contributed by atoms with E-state index >= 15 is 0 Å². The number of allylic oxidation sites excluding steroid dienone is 2. The Balaban J connectivity index is 2.34. The number of benzene rings is 1. The van der Waals surface area contributed by atoms with Gasteiger partial charge in [0.2, 0.25) is 0 Å². The average Bonchev–Trinajstić information content (AvgIpc) is 2.85. The highest BCUT2D eigenvalue weighted by atomic mass is 16.5. The van der Waals surface area contributed by atoms with E-state index in [0.717, 1.165) is 11.1 Å². The minimum absolute atomic E-state index is 0.221. The maximum atomic E-state index is 12.0. The van der Waals surface area contributed by atoms with Gasteiger partial charge in [-0.3, -0.25) is 4.79 Å². The average molecular weight is 226 g/mol. The highest BCUT2D eigenvalue weighted by Crippen LogP contribution is 2.27. The van der Waals surface area contributed by atoms with E-state index in [-0.39, 0.29) is 11.9 Å². The number of esters is 1. The molecule has 2 rings (SSSR count). The molecule has 1 atom stereocenters. The molecule has 0 heterocycles. The molecule has 0 radical (unpaired) electrons. The maximum Gasteiger partial charge on any atom is 0.318 e. The Hall–Kier alpha value is -2.05. The summed E-state index contributed by atoms with van der Waals surface area (Å²) in [7, 11) is 0. The summed E-state index contributed by atoms with van der Waals surface area (Å²) < 4.78 is 5.12. The van der Waals surface area contributed by atoms with Crippen LogP contribution < -0.4 is 0 Å². The lowest BCUT2D eigenvalue weighted by atomic mass is 9.92. The van der Waals surface area contributed by atoms with E-state index in [1.54, 1.807) is 0 Å². The Morgan fingerprint density at radius 1 is 1.35 bits per heavy atom. The fraction of sp³-hybridized carbons (Fsp3) is 0.200. The molecule has 0 bridgehead atoms. The predicted octanol–water partition coefficient (Wildman–Crippen LogP) is 2.98. The van der Waals surface area contributed by atoms with Gasteiger partial charge in [0.25, 0.3) is 0 Å². The highest BCUT2D eigenvalue weighted by Gasteiger charge is 2.25. The Kier molecular flexibility index (Phi) is 3.59. The molecule has 1 unspecified atom stereocenters. The van der Waals surface area contributed by atoms with Crippen LogP contribution in [0.15, 0.2) is 59.9 Å². The first-order valence-electron chi connectivity index (χ1n) is 5.67. The molecule has 2 heteroatoms. The molecule has 1 aliphatic carbocycles. The molecule has 1 aliphatic rings. The van der Waals surface area contributed by atoms with Crippen LogP contribution in [-0.2, 0) is 9.53 Å². The topological polar surface area (TPSA) is 26.3 Å². The number of hydrogen-bond donors (Lipinski definition) is 0. The van der Waals surface area contributed by atoms with Gasteiger partial charge in [0.1, 0.15) is 5.92 Å². The van der Waals surface area contributed by atoms with Gasteiger partial charge in [-0.25, -0.2) is 0 Å². The fourth-order valence-electron chi connectivity index (χ4n) is 1.84. The van der Waals surface area contributed by atoms with Crippen LogP contribution in [0.1, 0.15) is 18.4 Å². The minimum atomic E-state index is -0.369. The molecule has 1 aromatic rings. The standard InChI is InChI=1S/C15H14O2/c1-2-17-15(16)14(13-10-6-7-11-13)12-8-4-3-5-9-12/h3-10,14H,2H2,1H3. The summed E-state index contributed by atoms with van der Waals surface area (Å²) in [5.41, 5.74) is 4.87. The zero-order valence-electron chi connectivity index (χ0n) is 9.72. The van der Waals surface area contributed by atoms with E-state index in [9.17, 15) is 4.79 Å². The van der Waals surface area contributed by atoms with Gasteiger partial charge >= 0.3 is 5.97 Å². The lowest BCUT2D eigenvalue weighted by Gasteiger charge is -2.15. The zero-order valence-corrected chi connectivity index (χ0v) is 9.72. The summed E-state index contributed by atoms with van der Waals surface area (Å²) in [6.07, 6.45) is 5.59. The Bertz CT molecular complexity index is 491. The van der Waals surface area contributed by atoms with E-state index in [2.05, 4.69) is 5.73 Å². The molecule has 0 fully saturated rings. The SMILES string of the molecule is CCOC(=O)C(C1=C=CC=C1)c1ccccc1. The summed E-state index contributed by atoms with van der Waals surface area (Å²) in [5, 5.41) is 0. The zero-order chi connectivity index (χ0) is 12.1. The van der Waals surface area contributed by atoms with Crippen LogP contribution in [0.25, 0.3) is 0 Å². The van der Waals surface area contributed by atoms with Gasteiger partial charge in [-0.2, -0.15) is 0 Å². The van der Waals surface area contributed by atoms with Gasteiger partial charge in [0.15, 0.2) is 0 Å². The number of carbonyl (C=O) groups excluding carboxylic acids is 1. The van der Waals surface area contributed by atoms with Gasteiger partial charge in [0, 0.05) is 5.57 Å². The van der Waals surface area contributed by atoms with Crippen molar-refractivity contribution in [2.24, 2.45) is 0 Å². The number of rotatable bonds is 4. The molecule has 86 valence electrons. The summed E-state index contributed by atoms with van der Waals surface area (Å²) in [4.78, 5) is 12.0. The molecule has 0 N–H and O–H groups in total. The van der Waals surface area contributed by atoms with Crippen molar-refractivity contribution >= 4 is 5.97 Å². The van der Waals surface area contributed by atoms with Crippen LogP contribution in [0, 0.1) is 0 Å². The molecular weight excluding hydrogens is 212 g/mol. The van der Waals surface area contributed by atoms with Crippen molar-refractivity contribution < 1.29 is 9.53 Å². The van der Waals surface area contributed by atoms with E-state index < -0.39 is 0 Å². The van der Waals surface area contributed by atoms with Crippen molar-refractivity contribution in [3.8, 4) is 0 Å². The molecule has 0 amide bonds. The van der Waals surface area contributed by atoms with Crippen molar-refractivity contribution in [1.29, 1.82) is 0 Å². The molecule has 0 spiro atoms. The second kappa shape index (κ2) is 5.33. The molecule has 0 aromatic heterocycles. The lowest BCUT2D eigenvalue weighted by molar-refractivity contribution is -0.143. The van der Waals surface area contributed by atoms with Crippen LogP contribution in [0.3, 0.4) is 0 Å². The lowest BCUT2D eigenvalue weighted by Crippen LogP contribution is -2.17. The van der Waals surface area contributed by atoms with E-state index in [1.165, 1.54) is 0 Å². The van der Waals surface area contributed by atoms with Crippen molar-refractivity contribution in [3.63, 3.8) is 0 Å². The van der Waals surface area contributed by atoms with E-state index in [1.807, 2.05) is 55.5 Å². The van der Waals surface area contributed by atoms with E-state index in [4.69, 9.17) is 4.74 Å². The Morgan fingerprint density at radius 2 is 2.12 bits per heavy atom. The molecule has 2 nitrogen and oxygen atoms in total. The summed E-state index contributed by atoms with van der Waals surface area (Å²) in [6, 6.07) is 9.64. The van der Waals surface area contributed by atoms with Crippen molar-refractivity contribution in [1.82, 2.24) is 0 Å². The molecule has 1 aromatic carbocycles. The van der Waals surface area contributed by atoms with Crippen LogP contribution in [0.2, 0.25) is 0 Å². The molecule has 0 saturated heterocycles. The third-order valence-corrected chi connectivity index (χ3v) is 2.59. The smallest absolute Gasteiger partial charge is 0.318 e. The first-order chi connectivity index (χ1) is 8.33. The second-order valence-corrected chi connectivity index (χ2v) is 3.72. The highest BCUT2D eigenvalue weighted by molar-refractivity contribution is 5.83. The van der Waals surface area contributed by atoms with Gasteiger partial charge in [-0.15, -0.1) is 5.73 Å². The summed E-state index contributed by atoms with van der Waals surface area (Å²) in [5.74, 6) is -0.590. The third kappa shape index (κ3) is 2.55. The molecule has 0 aliphatic heterocycles. The first-order valence-corrected chi connectivity index (χ1v) is 5.67. The predicted molar refractivity (Wildman–Crippen MR) is 66.6 cm³/mol. The van der Waals surface area contributed by atoms with Gasteiger partial charge in [0.05, 0.1) is 6.61 Å². The third-order valence-electron chi connectivity index (χ3n) is 2.59. The quantitative estimate of drug-likeness (QED) is 0.582. The first kappa shape index (κ1) is 11.4. The second-order valence-electron chi connectivity index (χ2n) is 3.72. The summed E-state index contributed by atoms with van der Waals surface area (Å²) >= 11 is 0. The van der Waals surface area contributed by atoms with Crippen molar-refractivity contribution in [2.75, 3.05) is 6.61 Å². The number of ether oxygens (including phenoxy) is 1. The van der Waals surface area contributed by atoms with Crippen LogP contribution >= 0.6 is 0 Å². The molecular formula is C15H14O2. The minimum Gasteiger partial charge on any atom is -0.465 e. The Morgan fingerprint density at radius 3 is 2.71 bits per heavy atom. The van der Waals surface area contributed by atoms with Crippen LogP contribution in [0.5, 0.6) is 0 Å². The summed E-state index contributed by atoms with van der Waals surface area (Å²) in [6.45, 7) is 2.21. The van der Waals surface area contributed by atoms with Crippen molar-refractivity contribution in [3.05, 3.63) is 65.4 Å². The van der Waals surface area contributed by atoms with Crippen LogP contribution in [0.4, 0.5) is 0 Å². The fourth-order valence-corrected chi connectivity index (χ4v) is 1.84. The van der Waals surface area contributed by atoms with Gasteiger partial charge in [-0.1, -0.05) is 36.4 Å². The number of carbonyl (C=O) groups is 1. The van der Waals surface area contributed by atoms with Gasteiger partial charge < -0.3 is 4.74 Å².